The van der Waals surface area contributed by atoms with Crippen LogP contribution in [0.5, 0.6) is 0 Å². The molecule has 0 aliphatic carbocycles. The van der Waals surface area contributed by atoms with E-state index >= 15 is 0 Å². The molecular formula is C20H20F3N5O. The lowest BCUT2D eigenvalue weighted by Crippen LogP contribution is -2.49. The van der Waals surface area contributed by atoms with Gasteiger partial charge in [-0.25, -0.2) is 9.78 Å². The van der Waals surface area contributed by atoms with Crippen molar-refractivity contribution in [1.29, 1.82) is 0 Å². The maximum atomic E-state index is 13.1. The molecule has 2 N–H and O–H groups in total. The smallest absolute Gasteiger partial charge is 0.341 e. The highest BCUT2D eigenvalue weighted by Crippen LogP contribution is 2.34. The van der Waals surface area contributed by atoms with Gasteiger partial charge in [0.2, 0.25) is 0 Å². The summed E-state index contributed by atoms with van der Waals surface area (Å²) in [6.45, 7) is 2.72. The normalized spacial score (nSPS) is 15.6. The summed E-state index contributed by atoms with van der Waals surface area (Å²) >= 11 is 0. The van der Waals surface area contributed by atoms with Crippen molar-refractivity contribution in [3.05, 3.63) is 59.9 Å². The van der Waals surface area contributed by atoms with Crippen molar-refractivity contribution in [2.45, 2.75) is 12.7 Å². The van der Waals surface area contributed by atoms with E-state index in [1.807, 2.05) is 24.3 Å². The molecule has 1 aromatic heterocycles. The summed E-state index contributed by atoms with van der Waals surface area (Å²) in [5.74, 6) is 0.850. The van der Waals surface area contributed by atoms with Crippen LogP contribution in [0.4, 0.5) is 23.7 Å². The van der Waals surface area contributed by atoms with Crippen LogP contribution < -0.4 is 5.32 Å². The summed E-state index contributed by atoms with van der Waals surface area (Å²) in [7, 11) is 0. The molecule has 1 aliphatic rings. The summed E-state index contributed by atoms with van der Waals surface area (Å²) < 4.78 is 39.3. The summed E-state index contributed by atoms with van der Waals surface area (Å²) in [5.41, 5.74) is 0.805. The van der Waals surface area contributed by atoms with Crippen molar-refractivity contribution in [1.82, 2.24) is 19.8 Å². The third-order valence-corrected chi connectivity index (χ3v) is 4.95. The summed E-state index contributed by atoms with van der Waals surface area (Å²) in [6.07, 6.45) is -4.52. The highest BCUT2D eigenvalue weighted by atomic mass is 19.4. The third kappa shape index (κ3) is 4.34. The number of imidazole rings is 1. The van der Waals surface area contributed by atoms with Gasteiger partial charge in [0.25, 0.3) is 0 Å². The van der Waals surface area contributed by atoms with E-state index in [2.05, 4.69) is 20.2 Å². The van der Waals surface area contributed by atoms with E-state index in [1.165, 1.54) is 23.1 Å². The number of aromatic amines is 1. The van der Waals surface area contributed by atoms with Gasteiger partial charge >= 0.3 is 12.2 Å². The predicted octanol–water partition coefficient (Wildman–Crippen LogP) is 3.93. The molecule has 1 fully saturated rings. The van der Waals surface area contributed by atoms with Crippen molar-refractivity contribution in [3.8, 4) is 0 Å². The number of aromatic nitrogens is 2. The Hall–Kier alpha value is -3.07. The lowest BCUT2D eigenvalue weighted by molar-refractivity contribution is -0.136. The SMILES string of the molecule is O=C(Nc1ccccc1C(F)(F)F)N1CCN(Cc2nc3ccccc3[nH]2)CC1. The van der Waals surface area contributed by atoms with Crippen LogP contribution in [0.15, 0.2) is 48.5 Å². The second kappa shape index (κ2) is 7.75. The van der Waals surface area contributed by atoms with Crippen LogP contribution in [0, 0.1) is 0 Å². The Labute approximate surface area is 165 Å². The Morgan fingerprint density at radius 1 is 1.03 bits per heavy atom. The number of para-hydroxylation sites is 3. The highest BCUT2D eigenvalue weighted by Gasteiger charge is 2.34. The van der Waals surface area contributed by atoms with Crippen LogP contribution in [0.25, 0.3) is 11.0 Å². The van der Waals surface area contributed by atoms with E-state index in [-0.39, 0.29) is 5.69 Å². The predicted molar refractivity (Wildman–Crippen MR) is 103 cm³/mol. The van der Waals surface area contributed by atoms with Gasteiger partial charge in [-0.05, 0) is 24.3 Å². The minimum absolute atomic E-state index is 0.227. The minimum Gasteiger partial charge on any atom is -0.341 e. The first-order valence-corrected chi connectivity index (χ1v) is 9.28. The first kappa shape index (κ1) is 19.3. The van der Waals surface area contributed by atoms with Crippen molar-refractivity contribution in [3.63, 3.8) is 0 Å². The van der Waals surface area contributed by atoms with Gasteiger partial charge in [-0.15, -0.1) is 0 Å². The van der Waals surface area contributed by atoms with E-state index in [4.69, 9.17) is 0 Å². The van der Waals surface area contributed by atoms with E-state index in [9.17, 15) is 18.0 Å². The molecule has 0 spiro atoms. The molecule has 9 heteroatoms. The summed E-state index contributed by atoms with van der Waals surface area (Å²) in [5, 5.41) is 2.40. The van der Waals surface area contributed by atoms with E-state index in [1.54, 1.807) is 0 Å². The Morgan fingerprint density at radius 3 is 2.45 bits per heavy atom. The number of nitrogens with one attached hydrogen (secondary N) is 2. The number of carbonyl (C=O) groups is 1. The van der Waals surface area contributed by atoms with E-state index < -0.39 is 17.8 Å². The molecule has 29 heavy (non-hydrogen) atoms. The zero-order valence-electron chi connectivity index (χ0n) is 15.5. The number of alkyl halides is 3. The number of benzene rings is 2. The van der Waals surface area contributed by atoms with Gasteiger partial charge in [0.05, 0.1) is 28.8 Å². The first-order chi connectivity index (χ1) is 13.9. The monoisotopic (exact) mass is 403 g/mol. The fraction of sp³-hybridized carbons (Fsp3) is 0.300. The molecule has 2 amide bonds. The Kier molecular flexibility index (Phi) is 5.14. The molecule has 0 atom stereocenters. The summed E-state index contributed by atoms with van der Waals surface area (Å²) in [6, 6.07) is 12.2. The van der Waals surface area contributed by atoms with E-state index in [0.717, 1.165) is 22.9 Å². The van der Waals surface area contributed by atoms with Gasteiger partial charge < -0.3 is 15.2 Å². The topological polar surface area (TPSA) is 64.3 Å². The molecular weight excluding hydrogens is 383 g/mol. The lowest BCUT2D eigenvalue weighted by atomic mass is 10.1. The molecule has 2 heterocycles. The second-order valence-corrected chi connectivity index (χ2v) is 6.94. The van der Waals surface area contributed by atoms with Crippen LogP contribution in [0.2, 0.25) is 0 Å². The number of carbonyl (C=O) groups excluding carboxylic acids is 1. The molecule has 0 bridgehead atoms. The minimum atomic E-state index is -4.52. The summed E-state index contributed by atoms with van der Waals surface area (Å²) in [4.78, 5) is 24.0. The molecule has 4 rings (SSSR count). The number of hydrogen-bond donors (Lipinski definition) is 2. The Bertz CT molecular complexity index is 976. The number of piperazine rings is 1. The van der Waals surface area contributed by atoms with Gasteiger partial charge in [-0.2, -0.15) is 13.2 Å². The number of fused-ring (bicyclic) bond motifs is 1. The van der Waals surface area contributed by atoms with Gasteiger partial charge in [-0.1, -0.05) is 24.3 Å². The van der Waals surface area contributed by atoms with Crippen molar-refractivity contribution < 1.29 is 18.0 Å². The Morgan fingerprint density at radius 2 is 1.72 bits per heavy atom. The van der Waals surface area contributed by atoms with Gasteiger partial charge in [0.15, 0.2) is 0 Å². The van der Waals surface area contributed by atoms with Crippen LogP contribution in [-0.4, -0.2) is 52.0 Å². The molecule has 0 saturated carbocycles. The maximum Gasteiger partial charge on any atom is 0.418 e. The number of rotatable bonds is 3. The van der Waals surface area contributed by atoms with Gasteiger partial charge in [-0.3, -0.25) is 4.90 Å². The number of H-pyrrole nitrogens is 1. The zero-order valence-corrected chi connectivity index (χ0v) is 15.5. The first-order valence-electron chi connectivity index (χ1n) is 9.28. The maximum absolute atomic E-state index is 13.1. The van der Waals surface area contributed by atoms with Crippen LogP contribution in [0.1, 0.15) is 11.4 Å². The number of urea groups is 1. The molecule has 6 nitrogen and oxygen atoms in total. The number of hydrogen-bond acceptors (Lipinski definition) is 3. The zero-order chi connectivity index (χ0) is 20.4. The van der Waals surface area contributed by atoms with E-state index in [0.29, 0.717) is 32.7 Å². The fourth-order valence-corrected chi connectivity index (χ4v) is 3.43. The van der Waals surface area contributed by atoms with Crippen molar-refractivity contribution in [2.75, 3.05) is 31.5 Å². The molecule has 0 radical (unpaired) electrons. The highest BCUT2D eigenvalue weighted by molar-refractivity contribution is 5.90. The average molecular weight is 403 g/mol. The average Bonchev–Trinajstić information content (AvgIpc) is 3.10. The number of amides is 2. The van der Waals surface area contributed by atoms with Crippen LogP contribution in [0.3, 0.4) is 0 Å². The third-order valence-electron chi connectivity index (χ3n) is 4.95. The largest absolute Gasteiger partial charge is 0.418 e. The molecule has 152 valence electrons. The van der Waals surface area contributed by atoms with Gasteiger partial charge in [0.1, 0.15) is 5.82 Å². The van der Waals surface area contributed by atoms with Crippen LogP contribution in [-0.2, 0) is 12.7 Å². The number of nitrogens with zero attached hydrogens (tertiary/aromatic N) is 3. The lowest BCUT2D eigenvalue weighted by Gasteiger charge is -2.34. The number of anilines is 1. The quantitative estimate of drug-likeness (QED) is 0.697. The molecule has 0 unspecified atom stereocenters. The van der Waals surface area contributed by atoms with Crippen LogP contribution >= 0.6 is 0 Å². The van der Waals surface area contributed by atoms with Crippen molar-refractivity contribution >= 4 is 22.8 Å². The van der Waals surface area contributed by atoms with Crippen molar-refractivity contribution in [2.24, 2.45) is 0 Å². The molecule has 1 saturated heterocycles. The molecule has 2 aromatic carbocycles. The fourth-order valence-electron chi connectivity index (χ4n) is 3.43. The van der Waals surface area contributed by atoms with Gasteiger partial charge in [0, 0.05) is 26.2 Å². The molecule has 1 aliphatic heterocycles. The molecule has 3 aromatic rings. The standard InChI is InChI=1S/C20H20F3N5O/c21-20(22,23)14-5-1-2-6-15(14)26-19(29)28-11-9-27(10-12-28)13-18-24-16-7-3-4-8-17(16)25-18/h1-8H,9-13H2,(H,24,25)(H,26,29). The number of halogens is 3. The Balaban J connectivity index is 1.34. The second-order valence-electron chi connectivity index (χ2n) is 6.94.